The van der Waals surface area contributed by atoms with E-state index >= 15 is 0 Å². The van der Waals surface area contributed by atoms with Crippen molar-refractivity contribution >= 4 is 23.2 Å². The Kier molecular flexibility index (Phi) is 4.58. The fourth-order valence-electron chi connectivity index (χ4n) is 1.65. The molecule has 0 unspecified atom stereocenters. The second-order valence-corrected chi connectivity index (χ2v) is 4.81. The molecule has 0 amide bonds. The molecule has 96 valence electrons. The van der Waals surface area contributed by atoms with Crippen LogP contribution < -0.4 is 5.32 Å². The lowest BCUT2D eigenvalue weighted by Gasteiger charge is -2.07. The minimum Gasteiger partial charge on any atom is -0.311 e. The highest BCUT2D eigenvalue weighted by molar-refractivity contribution is 6.34. The molecular weight excluding hydrogens is 271 g/mol. The summed E-state index contributed by atoms with van der Waals surface area (Å²) in [6, 6.07) is 5.31. The summed E-state index contributed by atoms with van der Waals surface area (Å²) in [7, 11) is 0. The highest BCUT2D eigenvalue weighted by atomic mass is 35.5. The van der Waals surface area contributed by atoms with Crippen LogP contribution in [0.4, 0.5) is 0 Å². The Labute approximate surface area is 116 Å². The van der Waals surface area contributed by atoms with Gasteiger partial charge in [0.15, 0.2) is 0 Å². The smallest absolute Gasteiger partial charge is 0.0783 e. The Morgan fingerprint density at radius 2 is 1.94 bits per heavy atom. The standard InChI is InChI=1S/C12H14Cl2N4/c1-2-3-15-7-12-8-16-17-18(12)11-5-9(13)4-10(14)6-11/h4-6,8,15H,2-3,7H2,1H3. The molecule has 0 aliphatic rings. The average Bonchev–Trinajstić information content (AvgIpc) is 2.76. The Hall–Kier alpha value is -1.10. The maximum Gasteiger partial charge on any atom is 0.0783 e. The molecule has 1 N–H and O–H groups in total. The van der Waals surface area contributed by atoms with Crippen LogP contribution in [0.1, 0.15) is 19.0 Å². The summed E-state index contributed by atoms with van der Waals surface area (Å²) in [4.78, 5) is 0. The molecule has 4 nitrogen and oxygen atoms in total. The van der Waals surface area contributed by atoms with Crippen LogP contribution in [0.5, 0.6) is 0 Å². The quantitative estimate of drug-likeness (QED) is 0.858. The molecule has 1 aromatic heterocycles. The van der Waals surface area contributed by atoms with Gasteiger partial charge in [0, 0.05) is 16.6 Å². The molecule has 0 aliphatic heterocycles. The van der Waals surface area contributed by atoms with Crippen LogP contribution in [0.25, 0.3) is 5.69 Å². The van der Waals surface area contributed by atoms with E-state index < -0.39 is 0 Å². The van der Waals surface area contributed by atoms with E-state index in [0.717, 1.165) is 24.3 Å². The summed E-state index contributed by atoms with van der Waals surface area (Å²) in [5.74, 6) is 0. The molecule has 1 heterocycles. The van der Waals surface area contributed by atoms with Gasteiger partial charge in [-0.25, -0.2) is 4.68 Å². The zero-order valence-electron chi connectivity index (χ0n) is 10.0. The number of nitrogens with one attached hydrogen (secondary N) is 1. The van der Waals surface area contributed by atoms with E-state index in [2.05, 4.69) is 22.6 Å². The van der Waals surface area contributed by atoms with Gasteiger partial charge in [-0.2, -0.15) is 0 Å². The normalized spacial score (nSPS) is 10.8. The van der Waals surface area contributed by atoms with Crippen molar-refractivity contribution in [3.63, 3.8) is 0 Å². The first-order chi connectivity index (χ1) is 8.70. The Bertz CT molecular complexity index is 504. The van der Waals surface area contributed by atoms with Gasteiger partial charge in [0.1, 0.15) is 0 Å². The number of hydrogen-bond donors (Lipinski definition) is 1. The van der Waals surface area contributed by atoms with Crippen molar-refractivity contribution in [1.29, 1.82) is 0 Å². The maximum atomic E-state index is 5.98. The molecule has 1 aromatic carbocycles. The van der Waals surface area contributed by atoms with Gasteiger partial charge in [0.05, 0.1) is 17.6 Å². The second-order valence-electron chi connectivity index (χ2n) is 3.94. The number of hydrogen-bond acceptors (Lipinski definition) is 3. The molecule has 0 saturated heterocycles. The molecule has 0 radical (unpaired) electrons. The predicted molar refractivity (Wildman–Crippen MR) is 73.4 cm³/mol. The van der Waals surface area contributed by atoms with Gasteiger partial charge in [-0.3, -0.25) is 0 Å². The van der Waals surface area contributed by atoms with Gasteiger partial charge in [-0.05, 0) is 31.2 Å². The van der Waals surface area contributed by atoms with Crippen molar-refractivity contribution in [1.82, 2.24) is 20.3 Å². The first kappa shape index (κ1) is 13.3. The van der Waals surface area contributed by atoms with Crippen LogP contribution in [0.2, 0.25) is 10.0 Å². The van der Waals surface area contributed by atoms with E-state index in [-0.39, 0.29) is 0 Å². The van der Waals surface area contributed by atoms with Crippen LogP contribution in [-0.2, 0) is 6.54 Å². The van der Waals surface area contributed by atoms with Crippen LogP contribution in [-0.4, -0.2) is 21.5 Å². The molecule has 6 heteroatoms. The SMILES string of the molecule is CCCNCc1cnnn1-c1cc(Cl)cc(Cl)c1. The van der Waals surface area contributed by atoms with Crippen molar-refractivity contribution in [3.8, 4) is 5.69 Å². The molecule has 0 aliphatic carbocycles. The summed E-state index contributed by atoms with van der Waals surface area (Å²) in [6.07, 6.45) is 2.82. The Morgan fingerprint density at radius 1 is 1.22 bits per heavy atom. The zero-order valence-corrected chi connectivity index (χ0v) is 11.5. The first-order valence-electron chi connectivity index (χ1n) is 5.77. The Balaban J connectivity index is 2.24. The third-order valence-corrected chi connectivity index (χ3v) is 2.88. The summed E-state index contributed by atoms with van der Waals surface area (Å²) in [5, 5.41) is 12.5. The number of halogens is 2. The van der Waals surface area contributed by atoms with Gasteiger partial charge in [-0.1, -0.05) is 35.3 Å². The molecule has 0 fully saturated rings. The number of nitrogens with zero attached hydrogens (tertiary/aromatic N) is 3. The highest BCUT2D eigenvalue weighted by Crippen LogP contribution is 2.22. The van der Waals surface area contributed by atoms with E-state index in [1.165, 1.54) is 0 Å². The molecule has 2 rings (SSSR count). The number of benzene rings is 1. The third kappa shape index (κ3) is 3.22. The number of aromatic nitrogens is 3. The van der Waals surface area contributed by atoms with E-state index in [1.807, 2.05) is 12.1 Å². The van der Waals surface area contributed by atoms with Gasteiger partial charge < -0.3 is 5.32 Å². The topological polar surface area (TPSA) is 42.7 Å². The highest BCUT2D eigenvalue weighted by Gasteiger charge is 2.07. The fraction of sp³-hybridized carbons (Fsp3) is 0.333. The lowest BCUT2D eigenvalue weighted by atomic mass is 10.3. The summed E-state index contributed by atoms with van der Waals surface area (Å²) >= 11 is 12.0. The van der Waals surface area contributed by atoms with Crippen LogP contribution in [0.15, 0.2) is 24.4 Å². The molecule has 2 aromatic rings. The molecule has 0 atom stereocenters. The van der Waals surface area contributed by atoms with E-state index in [1.54, 1.807) is 16.9 Å². The van der Waals surface area contributed by atoms with Gasteiger partial charge in [0.25, 0.3) is 0 Å². The van der Waals surface area contributed by atoms with Crippen LogP contribution in [0.3, 0.4) is 0 Å². The largest absolute Gasteiger partial charge is 0.311 e. The number of rotatable bonds is 5. The van der Waals surface area contributed by atoms with Gasteiger partial charge >= 0.3 is 0 Å². The molecule has 0 spiro atoms. The molecule has 0 bridgehead atoms. The van der Waals surface area contributed by atoms with Crippen molar-refractivity contribution in [2.75, 3.05) is 6.54 Å². The average molecular weight is 285 g/mol. The minimum absolute atomic E-state index is 0.584. The van der Waals surface area contributed by atoms with Crippen molar-refractivity contribution in [2.24, 2.45) is 0 Å². The van der Waals surface area contributed by atoms with Crippen LogP contribution in [0, 0.1) is 0 Å². The first-order valence-corrected chi connectivity index (χ1v) is 6.53. The van der Waals surface area contributed by atoms with Crippen molar-refractivity contribution in [3.05, 3.63) is 40.1 Å². The predicted octanol–water partition coefficient (Wildman–Crippen LogP) is 3.07. The lowest BCUT2D eigenvalue weighted by molar-refractivity contribution is 0.641. The second kappa shape index (κ2) is 6.18. The molecule has 0 saturated carbocycles. The van der Waals surface area contributed by atoms with E-state index in [9.17, 15) is 0 Å². The maximum absolute atomic E-state index is 5.98. The zero-order chi connectivity index (χ0) is 13.0. The van der Waals surface area contributed by atoms with E-state index in [4.69, 9.17) is 23.2 Å². The monoisotopic (exact) mass is 284 g/mol. The van der Waals surface area contributed by atoms with E-state index in [0.29, 0.717) is 16.6 Å². The minimum atomic E-state index is 0.584. The third-order valence-electron chi connectivity index (χ3n) is 2.44. The van der Waals surface area contributed by atoms with Crippen LogP contribution >= 0.6 is 23.2 Å². The summed E-state index contributed by atoms with van der Waals surface area (Å²) < 4.78 is 1.74. The van der Waals surface area contributed by atoms with Gasteiger partial charge in [-0.15, -0.1) is 5.10 Å². The van der Waals surface area contributed by atoms with Crippen molar-refractivity contribution in [2.45, 2.75) is 19.9 Å². The Morgan fingerprint density at radius 3 is 2.61 bits per heavy atom. The lowest BCUT2D eigenvalue weighted by Crippen LogP contribution is -2.16. The fourth-order valence-corrected chi connectivity index (χ4v) is 2.16. The molecule has 18 heavy (non-hydrogen) atoms. The summed E-state index contributed by atoms with van der Waals surface area (Å²) in [5.41, 5.74) is 1.79. The summed E-state index contributed by atoms with van der Waals surface area (Å²) in [6.45, 7) is 3.80. The van der Waals surface area contributed by atoms with Gasteiger partial charge in [0.2, 0.25) is 0 Å². The molecular formula is C12H14Cl2N4. The van der Waals surface area contributed by atoms with Crippen molar-refractivity contribution < 1.29 is 0 Å².